The molecule has 504 valence electrons. The summed E-state index contributed by atoms with van der Waals surface area (Å²) in [4.78, 5) is 0. The Hall–Kier alpha value is 3.26. The fraction of sp³-hybridized carbons (Fsp3) is 0.812. The molecule has 0 atom stereocenters. The average molecular weight is 1700 g/mol. The van der Waals surface area contributed by atoms with Gasteiger partial charge in [-0.1, -0.05) is 315 Å². The van der Waals surface area contributed by atoms with Gasteiger partial charge in [0.2, 0.25) is 0 Å². The third-order valence-corrected chi connectivity index (χ3v) is 101. The van der Waals surface area contributed by atoms with E-state index in [-0.39, 0.29) is 36.9 Å². The van der Waals surface area contributed by atoms with E-state index in [0.29, 0.717) is 8.57 Å². The van der Waals surface area contributed by atoms with Crippen molar-refractivity contribution in [1.29, 1.82) is 0 Å². The Kier molecular flexibility index (Phi) is 31.4. The molecule has 0 unspecified atom stereocenters. The molecule has 0 aliphatic rings. The van der Waals surface area contributed by atoms with Gasteiger partial charge in [-0.3, -0.25) is 0 Å². The summed E-state index contributed by atoms with van der Waals surface area (Å²) >= 11 is -3.29. The first-order valence-electron chi connectivity index (χ1n) is 32.5. The van der Waals surface area contributed by atoms with Gasteiger partial charge in [0.15, 0.2) is 0 Å². The van der Waals surface area contributed by atoms with Crippen molar-refractivity contribution in [1.82, 2.24) is 0 Å². The largest absolute Gasteiger partial charge is 0 e. The number of hydrogen-bond donors (Lipinski definition) is 2. The Bertz CT molecular complexity index is 2130. The van der Waals surface area contributed by atoms with Gasteiger partial charge in [0.05, 0.1) is 0 Å². The van der Waals surface area contributed by atoms with Crippen molar-refractivity contribution in [2.45, 2.75) is 304 Å². The molecule has 21 heteroatoms. The van der Waals surface area contributed by atoms with Crippen molar-refractivity contribution >= 4 is 154 Å². The molecule has 0 spiro atoms. The summed E-state index contributed by atoms with van der Waals surface area (Å²) < 4.78 is 24.0. The topological polar surface area (TPSA) is 57.5 Å². The molecule has 0 amide bonds. The van der Waals surface area contributed by atoms with E-state index in [1.807, 2.05) is 44.0 Å². The Balaban J connectivity index is 0. The van der Waals surface area contributed by atoms with Crippen LogP contribution in [-0.2, 0) is 33.5 Å². The van der Waals surface area contributed by atoms with Crippen molar-refractivity contribution in [2.75, 3.05) is 26.7 Å². The molecule has 0 aliphatic carbocycles. The van der Waals surface area contributed by atoms with E-state index < -0.39 is 128 Å². The van der Waals surface area contributed by atoms with Crippen LogP contribution in [0.15, 0.2) is 24.3 Å². The van der Waals surface area contributed by atoms with Crippen molar-refractivity contribution in [3.05, 3.63) is 57.6 Å². The van der Waals surface area contributed by atoms with Crippen molar-refractivity contribution in [3.8, 4) is 0 Å². The van der Waals surface area contributed by atoms with Crippen LogP contribution in [0.2, 0.25) is 275 Å². The van der Waals surface area contributed by atoms with Crippen LogP contribution in [0.25, 0.3) is 0 Å². The molecule has 0 fully saturated rings. The second kappa shape index (κ2) is 29.5. The molecule has 85 heavy (non-hydrogen) atoms. The molecule has 2 aromatic rings. The molecular weight excluding hydrogens is 1550 g/mol. The first-order chi connectivity index (χ1) is 36.0. The van der Waals surface area contributed by atoms with Crippen molar-refractivity contribution < 1.29 is 33.3 Å². The van der Waals surface area contributed by atoms with E-state index in [9.17, 15) is 0 Å². The fourth-order valence-electron chi connectivity index (χ4n) is 22.0. The number of hydrogen-bond acceptors (Lipinski definition) is 1. The van der Waals surface area contributed by atoms with Gasteiger partial charge in [0, 0.05) is 134 Å². The van der Waals surface area contributed by atoms with Crippen LogP contribution in [0.4, 0.5) is 0 Å². The third-order valence-electron chi connectivity index (χ3n) is 19.0. The monoisotopic (exact) mass is 1690 g/mol. The van der Waals surface area contributed by atoms with Crippen LogP contribution in [0.5, 0.6) is 0 Å². The van der Waals surface area contributed by atoms with Gasteiger partial charge in [-0.25, -0.2) is 0 Å². The second-order valence-corrected chi connectivity index (χ2v) is 126. The average Bonchev–Trinajstić information content (AvgIpc) is 3.06. The minimum Gasteiger partial charge on any atom is 0 e. The number of rotatable bonds is 22. The van der Waals surface area contributed by atoms with Gasteiger partial charge in [0.1, 0.15) is 0 Å². The molecule has 2 rings (SSSR count). The molecule has 0 aliphatic heterocycles. The molecular formula is C64H148O3P2PtSeSi14. The Morgan fingerprint density at radius 2 is 0.400 bits per heavy atom. The maximum atomic E-state index is 8.76. The molecule has 0 saturated carbocycles. The van der Waals surface area contributed by atoms with Gasteiger partial charge < -0.3 is 0 Å². The van der Waals surface area contributed by atoms with Gasteiger partial charge in [-0.15, -0.1) is 0 Å². The summed E-state index contributed by atoms with van der Waals surface area (Å²) in [6.07, 6.45) is 0. The predicted octanol–water partition coefficient (Wildman–Crippen LogP) is 21.6. The summed E-state index contributed by atoms with van der Waals surface area (Å²) in [7, 11) is -22.0. The maximum Gasteiger partial charge on any atom is 0 e. The van der Waals surface area contributed by atoms with Crippen LogP contribution in [0, 0.1) is 0 Å². The molecule has 0 saturated heterocycles. The number of benzene rings is 2. The molecule has 2 N–H and O–H groups in total. The SMILES string of the molecule is CP(C)c1c(C([Si](C)(C)C)[Si](C)(C)C)cc(C([Si](C)(C)C)([Si](C)(C)C)[Si](C)(C)C)cc1C([Si](C)(C)C)[Si](C)(C)C.CP(C)c1c(C([Si](C)(C)C)[Si](C)(C)C)cc(C([Si](C)(C)C)([Si](C)(C)C)[Si](C)(C)C)cc1C([Si](C)(C)C)[Si](C)(C)C.O=[Se](O)O.[Pt]. The maximum absolute atomic E-state index is 8.76. The van der Waals surface area contributed by atoms with E-state index in [1.54, 1.807) is 0 Å². The van der Waals surface area contributed by atoms with Gasteiger partial charge in [-0.05, 0) is 99.9 Å². The zero-order chi connectivity index (χ0) is 68.5. The molecule has 0 radical (unpaired) electrons. The second-order valence-electron chi connectivity index (χ2n) is 41.7. The Labute approximate surface area is 569 Å². The first-order valence-corrected chi connectivity index (χ1v) is 88.9. The molecule has 0 aromatic heterocycles. The molecule has 0 heterocycles. The van der Waals surface area contributed by atoms with E-state index in [1.165, 1.54) is 0 Å². The normalized spacial score (nSPS) is 15.0. The molecule has 2 aromatic carbocycles. The van der Waals surface area contributed by atoms with E-state index in [0.717, 1.165) is 20.7 Å². The van der Waals surface area contributed by atoms with E-state index in [4.69, 9.17) is 12.2 Å². The van der Waals surface area contributed by atoms with Crippen LogP contribution in [-0.4, -0.2) is 163 Å². The summed E-state index contributed by atoms with van der Waals surface area (Å²) in [6, 6.07) is 11.8. The molecule has 0 bridgehead atoms. The molecule has 3 nitrogen and oxygen atoms in total. The quantitative estimate of drug-likeness (QED) is 0.0912. The van der Waals surface area contributed by atoms with Crippen molar-refractivity contribution in [2.24, 2.45) is 0 Å². The van der Waals surface area contributed by atoms with Crippen LogP contribution in [0.3, 0.4) is 0 Å². The summed E-state index contributed by atoms with van der Waals surface area (Å²) in [5.74, 6) is 0. The Morgan fingerprint density at radius 3 is 0.471 bits per heavy atom. The smallest absolute Gasteiger partial charge is 0 e. The van der Waals surface area contributed by atoms with Gasteiger partial charge in [-0.2, -0.15) is 0 Å². The van der Waals surface area contributed by atoms with Crippen molar-refractivity contribution in [3.63, 3.8) is 0 Å². The minimum atomic E-state index is -3.29. The van der Waals surface area contributed by atoms with E-state index in [2.05, 4.69) is 326 Å². The third kappa shape index (κ3) is 21.1. The first kappa shape index (κ1) is 90.3. The minimum absolute atomic E-state index is 0. The summed E-state index contributed by atoms with van der Waals surface area (Å²) in [5, 5.41) is 6.91. The van der Waals surface area contributed by atoms with Gasteiger partial charge in [0.25, 0.3) is 0 Å². The summed E-state index contributed by atoms with van der Waals surface area (Å²) in [5.41, 5.74) is 11.1. The summed E-state index contributed by atoms with van der Waals surface area (Å²) in [6.45, 7) is 124. The standard InChI is InChI=1S/2C32H73PSi7.H2O3Se.Pt/c2*1-33(2)29-27(30(34(3,4)5)35(6,7)8)24-26(25-28(29)31(36(9,10)11)37(12,13)14)32(38(15,16)17,39(18,19)20)40(21,22)23;1-4(2)3;/h2*24-25,30-31H,1-23H3;(H2,1,2,3);. The Morgan fingerprint density at radius 1 is 0.294 bits per heavy atom. The van der Waals surface area contributed by atoms with Crippen LogP contribution in [0.1, 0.15) is 54.0 Å². The van der Waals surface area contributed by atoms with Crippen LogP contribution >= 0.6 is 15.8 Å². The zero-order valence-corrected chi connectivity index (χ0v) is 85.3. The zero-order valence-electron chi connectivity index (χ0n) is 65.5. The van der Waals surface area contributed by atoms with Gasteiger partial charge >= 0.3 is 26.7 Å². The van der Waals surface area contributed by atoms with Crippen LogP contribution < -0.4 is 10.6 Å². The van der Waals surface area contributed by atoms with E-state index >= 15 is 0 Å². The predicted molar refractivity (Wildman–Crippen MR) is 442 cm³/mol. The fourth-order valence-corrected chi connectivity index (χ4v) is 137.